The molecule has 0 spiro atoms. The van der Waals surface area contributed by atoms with Crippen molar-refractivity contribution in [3.05, 3.63) is 35.9 Å². The Balaban J connectivity index is 2.24. The zero-order valence-corrected chi connectivity index (χ0v) is 11.6. The molecule has 1 aromatic rings. The summed E-state index contributed by atoms with van der Waals surface area (Å²) in [6, 6.07) is 5.71. The molecule has 1 heteroatoms. The number of aromatic hydroxyl groups is 1. The van der Waals surface area contributed by atoms with E-state index >= 15 is 0 Å². The molecule has 0 aliphatic rings. The van der Waals surface area contributed by atoms with Crippen molar-refractivity contribution in [2.75, 3.05) is 0 Å². The Morgan fingerprint density at radius 1 is 1.06 bits per heavy atom. The number of benzene rings is 1. The van der Waals surface area contributed by atoms with Crippen molar-refractivity contribution in [2.24, 2.45) is 0 Å². The summed E-state index contributed by atoms with van der Waals surface area (Å²) in [6.45, 7) is 6.00. The fraction of sp³-hybridized carbons (Fsp3) is 0.529. The van der Waals surface area contributed by atoms with Gasteiger partial charge in [-0.1, -0.05) is 64.2 Å². The number of phenolic OH excluding ortho intramolecular Hbond substituents is 1. The van der Waals surface area contributed by atoms with E-state index in [0.717, 1.165) is 17.5 Å². The molecule has 1 rings (SSSR count). The molecule has 0 amide bonds. The van der Waals surface area contributed by atoms with Crippen molar-refractivity contribution in [1.82, 2.24) is 0 Å². The molecule has 1 N–H and O–H groups in total. The molecule has 0 heterocycles. The van der Waals surface area contributed by atoms with Crippen LogP contribution in [0.1, 0.15) is 63.0 Å². The van der Waals surface area contributed by atoms with E-state index in [4.69, 9.17) is 0 Å². The predicted octanol–water partition coefficient (Wildman–Crippen LogP) is 5.33. The first-order valence-corrected chi connectivity index (χ1v) is 7.22. The van der Waals surface area contributed by atoms with E-state index in [2.05, 4.69) is 13.5 Å². The zero-order chi connectivity index (χ0) is 13.2. The van der Waals surface area contributed by atoms with Crippen LogP contribution in [0.3, 0.4) is 0 Å². The third-order valence-corrected chi connectivity index (χ3v) is 3.39. The fourth-order valence-electron chi connectivity index (χ4n) is 2.21. The Hall–Kier alpha value is -1.24. The maximum absolute atomic E-state index is 9.77. The summed E-state index contributed by atoms with van der Waals surface area (Å²) in [5.41, 5.74) is 2.15. The topological polar surface area (TPSA) is 20.2 Å². The van der Waals surface area contributed by atoms with E-state index in [9.17, 15) is 5.11 Å². The van der Waals surface area contributed by atoms with Crippen molar-refractivity contribution >= 4 is 6.08 Å². The Morgan fingerprint density at radius 2 is 1.72 bits per heavy atom. The summed E-state index contributed by atoms with van der Waals surface area (Å²) in [6.07, 6.45) is 11.9. The van der Waals surface area contributed by atoms with Crippen LogP contribution in [0.2, 0.25) is 0 Å². The largest absolute Gasteiger partial charge is 0.508 e. The number of aryl methyl sites for hydroxylation is 1. The van der Waals surface area contributed by atoms with Crippen LogP contribution in [-0.2, 0) is 6.42 Å². The Bertz CT molecular complexity index is 355. The number of rotatable bonds is 9. The predicted molar refractivity (Wildman–Crippen MR) is 79.9 cm³/mol. The highest BCUT2D eigenvalue weighted by Gasteiger charge is 2.01. The van der Waals surface area contributed by atoms with Gasteiger partial charge < -0.3 is 5.11 Å². The monoisotopic (exact) mass is 246 g/mol. The molecule has 0 bridgehead atoms. The standard InChI is InChI=1S/C17H26O/c1-3-5-6-7-8-9-10-11-16-14-15(4-2)12-13-17(16)18/h4,12-14,18H,2-3,5-11H2,1H3. The molecule has 0 atom stereocenters. The van der Waals surface area contributed by atoms with Crippen LogP contribution in [0.15, 0.2) is 24.8 Å². The molecular weight excluding hydrogens is 220 g/mol. The van der Waals surface area contributed by atoms with Gasteiger partial charge in [0, 0.05) is 0 Å². The first-order valence-electron chi connectivity index (χ1n) is 7.22. The van der Waals surface area contributed by atoms with E-state index < -0.39 is 0 Å². The molecule has 0 saturated heterocycles. The summed E-state index contributed by atoms with van der Waals surface area (Å²) in [5.74, 6) is 0.423. The van der Waals surface area contributed by atoms with Gasteiger partial charge in [0.05, 0.1) is 0 Å². The van der Waals surface area contributed by atoms with Crippen molar-refractivity contribution < 1.29 is 5.11 Å². The second-order valence-corrected chi connectivity index (χ2v) is 4.96. The number of hydrogen-bond acceptors (Lipinski definition) is 1. The molecule has 0 fully saturated rings. The van der Waals surface area contributed by atoms with Crippen LogP contribution in [0.25, 0.3) is 6.08 Å². The second kappa shape index (κ2) is 8.79. The number of phenols is 1. The van der Waals surface area contributed by atoms with Gasteiger partial charge in [0.15, 0.2) is 0 Å². The Morgan fingerprint density at radius 3 is 2.39 bits per heavy atom. The highest BCUT2D eigenvalue weighted by Crippen LogP contribution is 2.21. The van der Waals surface area contributed by atoms with Crippen LogP contribution < -0.4 is 0 Å². The molecule has 18 heavy (non-hydrogen) atoms. The molecule has 0 aliphatic heterocycles. The van der Waals surface area contributed by atoms with E-state index in [1.54, 1.807) is 6.07 Å². The molecular formula is C17H26O. The van der Waals surface area contributed by atoms with Crippen LogP contribution >= 0.6 is 0 Å². The minimum Gasteiger partial charge on any atom is -0.508 e. The van der Waals surface area contributed by atoms with Crippen molar-refractivity contribution in [1.29, 1.82) is 0 Å². The average Bonchev–Trinajstić information content (AvgIpc) is 2.39. The lowest BCUT2D eigenvalue weighted by atomic mass is 10.0. The van der Waals surface area contributed by atoms with Gasteiger partial charge in [-0.25, -0.2) is 0 Å². The average molecular weight is 246 g/mol. The second-order valence-electron chi connectivity index (χ2n) is 4.96. The lowest BCUT2D eigenvalue weighted by Crippen LogP contribution is -1.88. The van der Waals surface area contributed by atoms with Gasteiger partial charge in [0.2, 0.25) is 0 Å². The van der Waals surface area contributed by atoms with Crippen LogP contribution in [0.4, 0.5) is 0 Å². The molecule has 0 unspecified atom stereocenters. The van der Waals surface area contributed by atoms with Gasteiger partial charge in [-0.05, 0) is 36.1 Å². The SMILES string of the molecule is C=Cc1ccc(O)c(CCCCCCCCC)c1. The highest BCUT2D eigenvalue weighted by atomic mass is 16.3. The fourth-order valence-corrected chi connectivity index (χ4v) is 2.21. The molecule has 0 aliphatic carbocycles. The van der Waals surface area contributed by atoms with Gasteiger partial charge in [0.1, 0.15) is 5.75 Å². The van der Waals surface area contributed by atoms with Crippen molar-refractivity contribution in [2.45, 2.75) is 58.3 Å². The quantitative estimate of drug-likeness (QED) is 0.584. The molecule has 0 saturated carbocycles. The van der Waals surface area contributed by atoms with E-state index in [0.29, 0.717) is 5.75 Å². The van der Waals surface area contributed by atoms with Crippen molar-refractivity contribution in [3.63, 3.8) is 0 Å². The van der Waals surface area contributed by atoms with Crippen LogP contribution in [0.5, 0.6) is 5.75 Å². The summed E-state index contributed by atoms with van der Waals surface area (Å²) in [5, 5.41) is 9.77. The normalized spacial score (nSPS) is 10.5. The molecule has 0 aromatic heterocycles. The molecule has 0 radical (unpaired) electrons. The Kier molecular flexibility index (Phi) is 7.24. The lowest BCUT2D eigenvalue weighted by Gasteiger charge is -2.06. The summed E-state index contributed by atoms with van der Waals surface area (Å²) in [7, 11) is 0. The third-order valence-electron chi connectivity index (χ3n) is 3.39. The highest BCUT2D eigenvalue weighted by molar-refractivity contribution is 5.51. The first-order chi connectivity index (χ1) is 8.77. The van der Waals surface area contributed by atoms with Crippen LogP contribution in [-0.4, -0.2) is 5.11 Å². The van der Waals surface area contributed by atoms with Gasteiger partial charge in [-0.3, -0.25) is 0 Å². The van der Waals surface area contributed by atoms with Gasteiger partial charge >= 0.3 is 0 Å². The minimum atomic E-state index is 0.423. The lowest BCUT2D eigenvalue weighted by molar-refractivity contribution is 0.466. The summed E-state index contributed by atoms with van der Waals surface area (Å²) in [4.78, 5) is 0. The minimum absolute atomic E-state index is 0.423. The van der Waals surface area contributed by atoms with E-state index in [1.165, 1.54) is 44.9 Å². The summed E-state index contributed by atoms with van der Waals surface area (Å²) >= 11 is 0. The smallest absolute Gasteiger partial charge is 0.118 e. The third kappa shape index (κ3) is 5.39. The van der Waals surface area contributed by atoms with E-state index in [1.807, 2.05) is 18.2 Å². The molecule has 100 valence electrons. The maximum Gasteiger partial charge on any atom is 0.118 e. The summed E-state index contributed by atoms with van der Waals surface area (Å²) < 4.78 is 0. The molecule has 1 nitrogen and oxygen atoms in total. The van der Waals surface area contributed by atoms with Crippen molar-refractivity contribution in [3.8, 4) is 5.75 Å². The number of unbranched alkanes of at least 4 members (excludes halogenated alkanes) is 6. The first kappa shape index (κ1) is 14.8. The van der Waals surface area contributed by atoms with E-state index in [-0.39, 0.29) is 0 Å². The van der Waals surface area contributed by atoms with Crippen LogP contribution in [0, 0.1) is 0 Å². The zero-order valence-electron chi connectivity index (χ0n) is 11.6. The van der Waals surface area contributed by atoms with Gasteiger partial charge in [-0.15, -0.1) is 0 Å². The number of hydrogen-bond donors (Lipinski definition) is 1. The molecule has 1 aromatic carbocycles. The Labute approximate surface area is 112 Å². The van der Waals surface area contributed by atoms with Gasteiger partial charge in [0.25, 0.3) is 0 Å². The maximum atomic E-state index is 9.77. The van der Waals surface area contributed by atoms with Gasteiger partial charge in [-0.2, -0.15) is 0 Å².